The molecule has 4 rings (SSSR count). The SMILES string of the molecule is CC(C)NC(=O)c1ccc(CSc2nc(Cl)cc(N3CCC4(CC3)OCCO4)n2)cc1. The summed E-state index contributed by atoms with van der Waals surface area (Å²) >= 11 is 7.81. The van der Waals surface area contributed by atoms with Gasteiger partial charge in [0.25, 0.3) is 5.91 Å². The van der Waals surface area contributed by atoms with Crippen molar-refractivity contribution in [1.29, 1.82) is 0 Å². The van der Waals surface area contributed by atoms with Crippen molar-refractivity contribution in [3.63, 3.8) is 0 Å². The number of carbonyl (C=O) groups is 1. The van der Waals surface area contributed by atoms with Crippen molar-refractivity contribution in [2.75, 3.05) is 31.2 Å². The molecule has 2 saturated heterocycles. The van der Waals surface area contributed by atoms with E-state index >= 15 is 0 Å². The Morgan fingerprint density at radius 2 is 1.87 bits per heavy atom. The molecular weight excluding hydrogens is 436 g/mol. The van der Waals surface area contributed by atoms with E-state index in [0.717, 1.165) is 37.3 Å². The molecule has 0 saturated carbocycles. The first-order valence-electron chi connectivity index (χ1n) is 10.5. The Hall–Kier alpha value is -1.87. The minimum Gasteiger partial charge on any atom is -0.356 e. The Morgan fingerprint density at radius 1 is 1.19 bits per heavy atom. The number of anilines is 1. The third kappa shape index (κ3) is 5.68. The summed E-state index contributed by atoms with van der Waals surface area (Å²) in [5.74, 6) is 1.05. The molecule has 1 amide bonds. The summed E-state index contributed by atoms with van der Waals surface area (Å²) in [6, 6.07) is 9.52. The van der Waals surface area contributed by atoms with E-state index in [2.05, 4.69) is 15.2 Å². The highest BCUT2D eigenvalue weighted by molar-refractivity contribution is 7.98. The first-order valence-corrected chi connectivity index (χ1v) is 11.9. The monoisotopic (exact) mass is 462 g/mol. The second-order valence-electron chi connectivity index (χ2n) is 8.04. The van der Waals surface area contributed by atoms with Gasteiger partial charge in [-0.1, -0.05) is 35.5 Å². The maximum absolute atomic E-state index is 12.1. The fourth-order valence-corrected chi connectivity index (χ4v) is 4.76. The molecule has 0 bridgehead atoms. The number of nitrogens with zero attached hydrogens (tertiary/aromatic N) is 3. The van der Waals surface area contributed by atoms with Crippen molar-refractivity contribution in [2.24, 2.45) is 0 Å². The standard InChI is InChI=1S/C22H27ClN4O3S/c1-15(2)24-20(28)17-5-3-16(4-6-17)14-31-21-25-18(23)13-19(26-21)27-9-7-22(8-10-27)29-11-12-30-22/h3-6,13,15H,7-12,14H2,1-2H3,(H,24,28). The van der Waals surface area contributed by atoms with Crippen molar-refractivity contribution in [3.8, 4) is 0 Å². The Bertz CT molecular complexity index is 909. The quantitative estimate of drug-likeness (QED) is 0.396. The van der Waals surface area contributed by atoms with Gasteiger partial charge in [-0.15, -0.1) is 0 Å². The van der Waals surface area contributed by atoms with Crippen molar-refractivity contribution >= 4 is 35.1 Å². The van der Waals surface area contributed by atoms with Gasteiger partial charge in [0.1, 0.15) is 11.0 Å². The van der Waals surface area contributed by atoms with Gasteiger partial charge in [-0.2, -0.15) is 0 Å². The van der Waals surface area contributed by atoms with Gasteiger partial charge in [0.05, 0.1) is 13.2 Å². The van der Waals surface area contributed by atoms with Gasteiger partial charge in [-0.25, -0.2) is 9.97 Å². The molecule has 7 nitrogen and oxygen atoms in total. The van der Waals surface area contributed by atoms with E-state index in [4.69, 9.17) is 26.1 Å². The van der Waals surface area contributed by atoms with Gasteiger partial charge < -0.3 is 19.7 Å². The number of benzene rings is 1. The third-order valence-corrected chi connectivity index (χ3v) is 6.44. The molecule has 2 aromatic rings. The van der Waals surface area contributed by atoms with Crippen LogP contribution in [-0.4, -0.2) is 54.0 Å². The number of hydrogen-bond acceptors (Lipinski definition) is 7. The van der Waals surface area contributed by atoms with Crippen LogP contribution in [0.25, 0.3) is 0 Å². The molecule has 1 N–H and O–H groups in total. The number of rotatable bonds is 6. The second-order valence-corrected chi connectivity index (χ2v) is 9.37. The van der Waals surface area contributed by atoms with Gasteiger partial charge in [0, 0.05) is 49.4 Å². The predicted molar refractivity (Wildman–Crippen MR) is 122 cm³/mol. The van der Waals surface area contributed by atoms with Crippen LogP contribution < -0.4 is 10.2 Å². The molecule has 3 heterocycles. The number of thioether (sulfide) groups is 1. The van der Waals surface area contributed by atoms with Crippen molar-refractivity contribution in [3.05, 3.63) is 46.6 Å². The number of amides is 1. The maximum atomic E-state index is 12.1. The largest absolute Gasteiger partial charge is 0.356 e. The molecule has 2 aliphatic rings. The van der Waals surface area contributed by atoms with E-state index in [1.807, 2.05) is 44.2 Å². The molecular formula is C22H27ClN4O3S. The zero-order valence-electron chi connectivity index (χ0n) is 17.8. The molecule has 1 aromatic carbocycles. The molecule has 2 aliphatic heterocycles. The highest BCUT2D eigenvalue weighted by atomic mass is 35.5. The Kier molecular flexibility index (Phi) is 7.01. The average molecular weight is 463 g/mol. The molecule has 0 unspecified atom stereocenters. The maximum Gasteiger partial charge on any atom is 0.251 e. The van der Waals surface area contributed by atoms with Gasteiger partial charge in [-0.05, 0) is 31.5 Å². The lowest BCUT2D eigenvalue weighted by Gasteiger charge is -2.38. The van der Waals surface area contributed by atoms with E-state index in [9.17, 15) is 4.79 Å². The topological polar surface area (TPSA) is 76.6 Å². The summed E-state index contributed by atoms with van der Waals surface area (Å²) in [6.07, 6.45) is 1.63. The fraction of sp³-hybridized carbons (Fsp3) is 0.500. The molecule has 1 aromatic heterocycles. The van der Waals surface area contributed by atoms with Crippen LogP contribution in [0, 0.1) is 0 Å². The summed E-state index contributed by atoms with van der Waals surface area (Å²) in [5, 5.41) is 3.97. The van der Waals surface area contributed by atoms with Gasteiger partial charge in [0.2, 0.25) is 0 Å². The first-order chi connectivity index (χ1) is 14.9. The first kappa shape index (κ1) is 22.3. The lowest BCUT2D eigenvalue weighted by Crippen LogP contribution is -2.45. The molecule has 166 valence electrons. The number of carbonyl (C=O) groups excluding carboxylic acids is 1. The Morgan fingerprint density at radius 3 is 2.52 bits per heavy atom. The van der Waals surface area contributed by atoms with Gasteiger partial charge in [-0.3, -0.25) is 4.79 Å². The number of piperidine rings is 1. The average Bonchev–Trinajstić information content (AvgIpc) is 3.20. The number of aromatic nitrogens is 2. The summed E-state index contributed by atoms with van der Waals surface area (Å²) < 4.78 is 11.6. The smallest absolute Gasteiger partial charge is 0.251 e. The molecule has 1 spiro atoms. The minimum absolute atomic E-state index is 0.0614. The molecule has 0 aliphatic carbocycles. The van der Waals surface area contributed by atoms with Crippen molar-refractivity contribution in [2.45, 2.75) is 49.4 Å². The van der Waals surface area contributed by atoms with E-state index in [1.165, 1.54) is 11.8 Å². The van der Waals surface area contributed by atoms with Crippen molar-refractivity contribution < 1.29 is 14.3 Å². The minimum atomic E-state index is -0.414. The van der Waals surface area contributed by atoms with Gasteiger partial charge >= 0.3 is 0 Å². The summed E-state index contributed by atoms with van der Waals surface area (Å²) in [5.41, 5.74) is 1.74. The van der Waals surface area contributed by atoms with Crippen LogP contribution in [0.1, 0.15) is 42.6 Å². The second kappa shape index (κ2) is 9.73. The van der Waals surface area contributed by atoms with E-state index in [-0.39, 0.29) is 11.9 Å². The van der Waals surface area contributed by atoms with Crippen LogP contribution in [0.15, 0.2) is 35.5 Å². The van der Waals surface area contributed by atoms with Crippen LogP contribution in [-0.2, 0) is 15.2 Å². The zero-order valence-corrected chi connectivity index (χ0v) is 19.3. The molecule has 0 atom stereocenters. The normalized spacial score (nSPS) is 18.0. The van der Waals surface area contributed by atoms with Crippen LogP contribution in [0.2, 0.25) is 5.15 Å². The molecule has 0 radical (unpaired) electrons. The predicted octanol–water partition coefficient (Wildman–Crippen LogP) is 3.90. The van der Waals surface area contributed by atoms with Gasteiger partial charge in [0.15, 0.2) is 10.9 Å². The Balaban J connectivity index is 1.36. The van der Waals surface area contributed by atoms with Crippen LogP contribution in [0.3, 0.4) is 0 Å². The zero-order chi connectivity index (χ0) is 21.8. The fourth-order valence-electron chi connectivity index (χ4n) is 3.72. The summed E-state index contributed by atoms with van der Waals surface area (Å²) in [4.78, 5) is 23.4. The van der Waals surface area contributed by atoms with Crippen molar-refractivity contribution in [1.82, 2.24) is 15.3 Å². The number of halogens is 1. The van der Waals surface area contributed by atoms with Crippen LogP contribution >= 0.6 is 23.4 Å². The van der Waals surface area contributed by atoms with E-state index in [0.29, 0.717) is 34.8 Å². The molecule has 31 heavy (non-hydrogen) atoms. The summed E-state index contributed by atoms with van der Waals surface area (Å²) in [7, 11) is 0. The number of nitrogens with one attached hydrogen (secondary N) is 1. The highest BCUT2D eigenvalue weighted by Gasteiger charge is 2.40. The molecule has 9 heteroatoms. The molecule has 2 fully saturated rings. The Labute approximate surface area is 191 Å². The lowest BCUT2D eigenvalue weighted by atomic mass is 10.0. The van der Waals surface area contributed by atoms with Crippen LogP contribution in [0.5, 0.6) is 0 Å². The van der Waals surface area contributed by atoms with Crippen LogP contribution in [0.4, 0.5) is 5.82 Å². The number of ether oxygens (including phenoxy) is 2. The van der Waals surface area contributed by atoms with E-state index in [1.54, 1.807) is 0 Å². The number of hydrogen-bond donors (Lipinski definition) is 1. The lowest BCUT2D eigenvalue weighted by molar-refractivity contribution is -0.169. The highest BCUT2D eigenvalue weighted by Crippen LogP contribution is 2.33. The summed E-state index contributed by atoms with van der Waals surface area (Å²) in [6.45, 7) is 6.84. The van der Waals surface area contributed by atoms with E-state index < -0.39 is 5.79 Å². The third-order valence-electron chi connectivity index (χ3n) is 5.33.